The Balaban J connectivity index is 2.23. The topological polar surface area (TPSA) is 112 Å². The van der Waals surface area contributed by atoms with Gasteiger partial charge in [-0.15, -0.1) is 0 Å². The van der Waals surface area contributed by atoms with Gasteiger partial charge in [0, 0.05) is 19.8 Å². The third-order valence-electron chi connectivity index (χ3n) is 3.97. The average Bonchev–Trinajstić information content (AvgIpc) is 2.67. The van der Waals surface area contributed by atoms with Gasteiger partial charge in [-0.25, -0.2) is 12.7 Å². The summed E-state index contributed by atoms with van der Waals surface area (Å²) in [5.41, 5.74) is 1.30. The first kappa shape index (κ1) is 21.2. The van der Waals surface area contributed by atoms with Gasteiger partial charge < -0.3 is 15.4 Å². The minimum absolute atomic E-state index is 0.0788. The smallest absolute Gasteiger partial charge is 0.246 e. The van der Waals surface area contributed by atoms with E-state index in [4.69, 9.17) is 10.00 Å². The molecule has 28 heavy (non-hydrogen) atoms. The number of nitrogens with one attached hydrogen (secondary N) is 2. The molecule has 0 saturated carbocycles. The molecule has 0 heterocycles. The standard InChI is InChI=1S/C19H22N4O4S/c1-13(19(24)22-15-7-5-6-14(10-15)12-20)21-17-11-16(8-9-18(17)27-4)28(25,26)23(2)3/h5-11,13,21H,1-4H3,(H,22,24)/t13-/m0/s1. The Morgan fingerprint density at radius 1 is 1.21 bits per heavy atom. The molecule has 2 N–H and O–H groups in total. The van der Waals surface area contributed by atoms with Crippen LogP contribution in [0.15, 0.2) is 47.4 Å². The molecule has 8 nitrogen and oxygen atoms in total. The number of carbonyl (C=O) groups is 1. The first-order valence-corrected chi connectivity index (χ1v) is 9.81. The number of methoxy groups -OCH3 is 1. The average molecular weight is 402 g/mol. The maximum absolute atomic E-state index is 12.5. The summed E-state index contributed by atoms with van der Waals surface area (Å²) in [4.78, 5) is 12.6. The number of ether oxygens (including phenoxy) is 1. The zero-order valence-electron chi connectivity index (χ0n) is 16.1. The molecule has 0 aliphatic rings. The second-order valence-electron chi connectivity index (χ2n) is 6.20. The van der Waals surface area contributed by atoms with E-state index in [1.54, 1.807) is 31.2 Å². The van der Waals surface area contributed by atoms with Gasteiger partial charge >= 0.3 is 0 Å². The summed E-state index contributed by atoms with van der Waals surface area (Å²) < 4.78 is 31.1. The summed E-state index contributed by atoms with van der Waals surface area (Å²) in [5.74, 6) is 0.0573. The lowest BCUT2D eigenvalue weighted by Crippen LogP contribution is -2.32. The molecule has 0 radical (unpaired) electrons. The Labute approximate surface area is 164 Å². The lowest BCUT2D eigenvalue weighted by Gasteiger charge is -2.19. The van der Waals surface area contributed by atoms with Crippen molar-refractivity contribution >= 4 is 27.3 Å². The van der Waals surface area contributed by atoms with Crippen molar-refractivity contribution in [2.24, 2.45) is 0 Å². The second kappa shape index (κ2) is 8.73. The summed E-state index contributed by atoms with van der Waals surface area (Å²) >= 11 is 0. The fraction of sp³-hybridized carbons (Fsp3) is 0.263. The molecule has 148 valence electrons. The van der Waals surface area contributed by atoms with Crippen molar-refractivity contribution in [3.8, 4) is 11.8 Å². The summed E-state index contributed by atoms with van der Waals surface area (Å²) in [5, 5.41) is 14.6. The Morgan fingerprint density at radius 3 is 2.54 bits per heavy atom. The van der Waals surface area contributed by atoms with E-state index in [2.05, 4.69) is 10.6 Å². The highest BCUT2D eigenvalue weighted by Crippen LogP contribution is 2.29. The third kappa shape index (κ3) is 4.79. The first-order chi connectivity index (χ1) is 13.2. The number of hydrogen-bond donors (Lipinski definition) is 2. The highest BCUT2D eigenvalue weighted by Gasteiger charge is 2.21. The molecule has 0 saturated heterocycles. The molecular weight excluding hydrogens is 380 g/mol. The number of amides is 1. The fourth-order valence-electron chi connectivity index (χ4n) is 2.39. The van der Waals surface area contributed by atoms with E-state index >= 15 is 0 Å². The first-order valence-electron chi connectivity index (χ1n) is 8.37. The molecule has 1 atom stereocenters. The third-order valence-corrected chi connectivity index (χ3v) is 5.79. The molecule has 2 aromatic rings. The molecule has 1 amide bonds. The van der Waals surface area contributed by atoms with Crippen molar-refractivity contribution in [3.63, 3.8) is 0 Å². The van der Waals surface area contributed by atoms with Gasteiger partial charge in [0.15, 0.2) is 0 Å². The number of rotatable bonds is 7. The van der Waals surface area contributed by atoms with Gasteiger partial charge in [-0.3, -0.25) is 4.79 Å². The number of carbonyl (C=O) groups excluding carboxylic acids is 1. The molecule has 0 bridgehead atoms. The van der Waals surface area contributed by atoms with E-state index in [1.807, 2.05) is 6.07 Å². The van der Waals surface area contributed by atoms with Gasteiger partial charge in [0.25, 0.3) is 0 Å². The van der Waals surface area contributed by atoms with Gasteiger partial charge in [0.05, 0.1) is 29.3 Å². The molecule has 9 heteroatoms. The summed E-state index contributed by atoms with van der Waals surface area (Å²) in [6.07, 6.45) is 0. The van der Waals surface area contributed by atoms with Gasteiger partial charge in [-0.1, -0.05) is 6.07 Å². The van der Waals surface area contributed by atoms with Crippen molar-refractivity contribution in [2.45, 2.75) is 17.9 Å². The quantitative estimate of drug-likeness (QED) is 0.735. The van der Waals surface area contributed by atoms with E-state index in [0.717, 1.165) is 4.31 Å². The van der Waals surface area contributed by atoms with Gasteiger partial charge in [-0.2, -0.15) is 5.26 Å². The highest BCUT2D eigenvalue weighted by molar-refractivity contribution is 7.89. The lowest BCUT2D eigenvalue weighted by atomic mass is 10.2. The lowest BCUT2D eigenvalue weighted by molar-refractivity contribution is -0.116. The van der Waals surface area contributed by atoms with Crippen LogP contribution in [0, 0.1) is 11.3 Å². The zero-order valence-corrected chi connectivity index (χ0v) is 16.9. The molecule has 0 aromatic heterocycles. The molecule has 2 rings (SSSR count). The molecule has 0 aliphatic carbocycles. The van der Waals surface area contributed by atoms with Crippen LogP contribution < -0.4 is 15.4 Å². The molecule has 0 aliphatic heterocycles. The predicted octanol–water partition coefficient (Wildman–Crippen LogP) is 2.26. The van der Waals surface area contributed by atoms with E-state index < -0.39 is 16.1 Å². The van der Waals surface area contributed by atoms with Crippen LogP contribution in [0.3, 0.4) is 0 Å². The van der Waals surface area contributed by atoms with E-state index in [9.17, 15) is 13.2 Å². The van der Waals surface area contributed by atoms with Crippen LogP contribution in [0.5, 0.6) is 5.75 Å². The molecule has 0 fully saturated rings. The van der Waals surface area contributed by atoms with Crippen LogP contribution in [0.25, 0.3) is 0 Å². The highest BCUT2D eigenvalue weighted by atomic mass is 32.2. The molecule has 0 unspecified atom stereocenters. The Bertz CT molecular complexity index is 1010. The van der Waals surface area contributed by atoms with Crippen LogP contribution >= 0.6 is 0 Å². The number of anilines is 2. The number of sulfonamides is 1. The monoisotopic (exact) mass is 402 g/mol. The maximum Gasteiger partial charge on any atom is 0.246 e. The second-order valence-corrected chi connectivity index (χ2v) is 8.35. The Morgan fingerprint density at radius 2 is 1.93 bits per heavy atom. The number of benzene rings is 2. The van der Waals surface area contributed by atoms with E-state index in [-0.39, 0.29) is 10.8 Å². The molecule has 2 aromatic carbocycles. The van der Waals surface area contributed by atoms with Crippen LogP contribution in [0.2, 0.25) is 0 Å². The fourth-order valence-corrected chi connectivity index (χ4v) is 3.32. The van der Waals surface area contributed by atoms with Crippen LogP contribution in [-0.2, 0) is 14.8 Å². The summed E-state index contributed by atoms with van der Waals surface area (Å²) in [7, 11) is 0.712. The van der Waals surface area contributed by atoms with Crippen molar-refractivity contribution < 1.29 is 17.9 Å². The zero-order chi connectivity index (χ0) is 20.9. The van der Waals surface area contributed by atoms with Crippen molar-refractivity contribution in [3.05, 3.63) is 48.0 Å². The number of nitriles is 1. The van der Waals surface area contributed by atoms with Crippen LogP contribution in [-0.4, -0.2) is 45.9 Å². The van der Waals surface area contributed by atoms with Crippen molar-refractivity contribution in [2.75, 3.05) is 31.8 Å². The van der Waals surface area contributed by atoms with Crippen LogP contribution in [0.1, 0.15) is 12.5 Å². The maximum atomic E-state index is 12.5. The summed E-state index contributed by atoms with van der Waals surface area (Å²) in [6, 6.07) is 12.3. The van der Waals surface area contributed by atoms with E-state index in [0.29, 0.717) is 22.7 Å². The van der Waals surface area contributed by atoms with E-state index in [1.165, 1.54) is 39.4 Å². The minimum atomic E-state index is -3.63. The van der Waals surface area contributed by atoms with Gasteiger partial charge in [0.2, 0.25) is 15.9 Å². The van der Waals surface area contributed by atoms with Crippen molar-refractivity contribution in [1.29, 1.82) is 5.26 Å². The molecule has 0 spiro atoms. The Hall–Kier alpha value is -3.09. The normalized spacial score (nSPS) is 12.1. The minimum Gasteiger partial charge on any atom is -0.495 e. The number of nitrogens with zero attached hydrogens (tertiary/aromatic N) is 2. The van der Waals surface area contributed by atoms with Crippen LogP contribution in [0.4, 0.5) is 11.4 Å². The Kier molecular flexibility index (Phi) is 6.62. The predicted molar refractivity (Wildman–Crippen MR) is 107 cm³/mol. The SMILES string of the molecule is COc1ccc(S(=O)(=O)N(C)C)cc1N[C@@H](C)C(=O)Nc1cccc(C#N)c1. The van der Waals surface area contributed by atoms with Gasteiger partial charge in [0.1, 0.15) is 11.8 Å². The summed E-state index contributed by atoms with van der Waals surface area (Å²) in [6.45, 7) is 1.63. The largest absolute Gasteiger partial charge is 0.495 e. The molecular formula is C19H22N4O4S. The van der Waals surface area contributed by atoms with Crippen molar-refractivity contribution in [1.82, 2.24) is 4.31 Å². The van der Waals surface area contributed by atoms with Gasteiger partial charge in [-0.05, 0) is 43.3 Å². The number of hydrogen-bond acceptors (Lipinski definition) is 6.